The maximum Gasteiger partial charge on any atom is 0.223 e. The highest BCUT2D eigenvalue weighted by molar-refractivity contribution is 5.93. The van der Waals surface area contributed by atoms with Crippen molar-refractivity contribution in [3.05, 3.63) is 24.3 Å². The first-order valence-electron chi connectivity index (χ1n) is 5.71. The van der Waals surface area contributed by atoms with Crippen molar-refractivity contribution in [2.45, 2.75) is 13.0 Å². The third-order valence-electron chi connectivity index (χ3n) is 2.07. The van der Waals surface area contributed by atoms with Crippen LogP contribution in [0.5, 0.6) is 5.75 Å². The standard InChI is InChI=1S/C12H19N5O2/c1-8(7-18-2)19-10-6-4-3-5-9(10)16-12(15)17-11(13)14/h3-6,8H,7H2,1-2H3,(H6,13,14,15,16,17). The van der Waals surface area contributed by atoms with Crippen molar-refractivity contribution >= 4 is 17.6 Å². The van der Waals surface area contributed by atoms with Crippen LogP contribution in [0.4, 0.5) is 5.69 Å². The monoisotopic (exact) mass is 265 g/mol. The topological polar surface area (TPSA) is 121 Å². The molecule has 0 aromatic heterocycles. The molecule has 1 aromatic carbocycles. The van der Waals surface area contributed by atoms with E-state index in [9.17, 15) is 0 Å². The van der Waals surface area contributed by atoms with Crippen LogP contribution in [-0.4, -0.2) is 31.7 Å². The van der Waals surface area contributed by atoms with Gasteiger partial charge in [0.15, 0.2) is 5.96 Å². The molecule has 6 N–H and O–H groups in total. The Morgan fingerprint density at radius 1 is 1.26 bits per heavy atom. The number of aliphatic imine (C=N–C) groups is 2. The van der Waals surface area contributed by atoms with Gasteiger partial charge in [0.05, 0.1) is 6.61 Å². The summed E-state index contributed by atoms with van der Waals surface area (Å²) in [6, 6.07) is 7.19. The number of hydrogen-bond acceptors (Lipinski definition) is 3. The predicted molar refractivity (Wildman–Crippen MR) is 75.5 cm³/mol. The van der Waals surface area contributed by atoms with Gasteiger partial charge >= 0.3 is 0 Å². The first-order chi connectivity index (χ1) is 9.02. The molecular formula is C12H19N5O2. The number of nitrogens with zero attached hydrogens (tertiary/aromatic N) is 2. The number of guanidine groups is 2. The number of nitrogens with two attached hydrogens (primary N) is 3. The fourth-order valence-corrected chi connectivity index (χ4v) is 1.42. The van der Waals surface area contributed by atoms with Crippen LogP contribution in [0.15, 0.2) is 34.3 Å². The Morgan fingerprint density at radius 2 is 1.95 bits per heavy atom. The van der Waals surface area contributed by atoms with E-state index in [4.69, 9.17) is 26.7 Å². The first kappa shape index (κ1) is 14.8. The van der Waals surface area contributed by atoms with Gasteiger partial charge in [-0.3, -0.25) is 0 Å². The Morgan fingerprint density at radius 3 is 2.58 bits per heavy atom. The maximum absolute atomic E-state index is 5.69. The van der Waals surface area contributed by atoms with Crippen LogP contribution in [0.3, 0.4) is 0 Å². The molecule has 1 atom stereocenters. The maximum atomic E-state index is 5.69. The summed E-state index contributed by atoms with van der Waals surface area (Å²) in [6.07, 6.45) is -0.106. The highest BCUT2D eigenvalue weighted by atomic mass is 16.5. The average molecular weight is 265 g/mol. The van der Waals surface area contributed by atoms with Gasteiger partial charge in [-0.2, -0.15) is 4.99 Å². The van der Waals surface area contributed by atoms with Crippen molar-refractivity contribution in [1.82, 2.24) is 0 Å². The number of hydrogen-bond donors (Lipinski definition) is 3. The molecule has 1 aromatic rings. The highest BCUT2D eigenvalue weighted by Crippen LogP contribution is 2.27. The Kier molecular flexibility index (Phi) is 5.62. The molecule has 0 aliphatic rings. The molecule has 0 saturated carbocycles. The van der Waals surface area contributed by atoms with Gasteiger partial charge in [-0.1, -0.05) is 12.1 Å². The molecule has 0 spiro atoms. The Bertz CT molecular complexity index is 469. The van der Waals surface area contributed by atoms with Gasteiger partial charge in [0.25, 0.3) is 0 Å². The van der Waals surface area contributed by atoms with Crippen molar-refractivity contribution in [2.75, 3.05) is 13.7 Å². The fourth-order valence-electron chi connectivity index (χ4n) is 1.42. The molecular weight excluding hydrogens is 246 g/mol. The minimum atomic E-state index is -0.146. The molecule has 1 rings (SSSR count). The molecule has 0 fully saturated rings. The fraction of sp³-hybridized carbons (Fsp3) is 0.333. The largest absolute Gasteiger partial charge is 0.486 e. The number of rotatable bonds is 5. The molecule has 0 heterocycles. The lowest BCUT2D eigenvalue weighted by Gasteiger charge is -2.15. The van der Waals surface area contributed by atoms with Crippen LogP contribution < -0.4 is 21.9 Å². The number of benzene rings is 1. The van der Waals surface area contributed by atoms with E-state index in [0.717, 1.165) is 0 Å². The van der Waals surface area contributed by atoms with Crippen LogP contribution in [0.25, 0.3) is 0 Å². The summed E-state index contributed by atoms with van der Waals surface area (Å²) in [4.78, 5) is 7.74. The van der Waals surface area contributed by atoms with E-state index < -0.39 is 0 Å². The molecule has 0 bridgehead atoms. The van der Waals surface area contributed by atoms with Crippen molar-refractivity contribution in [2.24, 2.45) is 27.2 Å². The van der Waals surface area contributed by atoms with Gasteiger partial charge in [-0.25, -0.2) is 4.99 Å². The van der Waals surface area contributed by atoms with Crippen molar-refractivity contribution in [1.29, 1.82) is 0 Å². The summed E-state index contributed by atoms with van der Waals surface area (Å²) in [5.41, 5.74) is 16.6. The van der Waals surface area contributed by atoms with E-state index in [1.54, 1.807) is 19.2 Å². The molecule has 0 amide bonds. The minimum Gasteiger partial charge on any atom is -0.486 e. The highest BCUT2D eigenvalue weighted by Gasteiger charge is 2.07. The quantitative estimate of drug-likeness (QED) is 0.523. The molecule has 19 heavy (non-hydrogen) atoms. The zero-order valence-corrected chi connectivity index (χ0v) is 11.0. The summed E-state index contributed by atoms with van der Waals surface area (Å²) in [5, 5.41) is 0. The number of ether oxygens (including phenoxy) is 2. The second kappa shape index (κ2) is 7.22. The van der Waals surface area contributed by atoms with Crippen LogP contribution in [-0.2, 0) is 4.74 Å². The summed E-state index contributed by atoms with van der Waals surface area (Å²) in [6.45, 7) is 2.37. The molecule has 104 valence electrons. The molecule has 0 saturated heterocycles. The smallest absolute Gasteiger partial charge is 0.223 e. The Hall–Kier alpha value is -2.28. The van der Waals surface area contributed by atoms with Crippen molar-refractivity contribution in [3.63, 3.8) is 0 Å². The van der Waals surface area contributed by atoms with Crippen LogP contribution >= 0.6 is 0 Å². The van der Waals surface area contributed by atoms with E-state index in [2.05, 4.69) is 9.98 Å². The van der Waals surface area contributed by atoms with E-state index in [1.807, 2.05) is 19.1 Å². The van der Waals surface area contributed by atoms with Crippen molar-refractivity contribution < 1.29 is 9.47 Å². The minimum absolute atomic E-state index is 0.0320. The Balaban J connectivity index is 2.93. The van der Waals surface area contributed by atoms with Crippen molar-refractivity contribution in [3.8, 4) is 5.75 Å². The van der Waals surface area contributed by atoms with E-state index in [1.165, 1.54) is 0 Å². The number of para-hydroxylation sites is 2. The molecule has 0 radical (unpaired) electrons. The van der Waals surface area contributed by atoms with E-state index in [0.29, 0.717) is 18.0 Å². The second-order valence-corrected chi connectivity index (χ2v) is 3.86. The van der Waals surface area contributed by atoms with E-state index in [-0.39, 0.29) is 18.0 Å². The molecule has 0 aliphatic carbocycles. The summed E-state index contributed by atoms with van der Waals surface area (Å²) < 4.78 is 10.7. The molecule has 0 aliphatic heterocycles. The second-order valence-electron chi connectivity index (χ2n) is 3.86. The van der Waals surface area contributed by atoms with Gasteiger partial charge in [0.1, 0.15) is 17.5 Å². The van der Waals surface area contributed by atoms with Crippen LogP contribution in [0, 0.1) is 0 Å². The lowest BCUT2D eigenvalue weighted by atomic mass is 10.3. The van der Waals surface area contributed by atoms with E-state index >= 15 is 0 Å². The normalized spacial score (nSPS) is 12.8. The number of methoxy groups -OCH3 is 1. The third-order valence-corrected chi connectivity index (χ3v) is 2.07. The van der Waals surface area contributed by atoms with Gasteiger partial charge in [-0.15, -0.1) is 0 Å². The average Bonchev–Trinajstić information content (AvgIpc) is 2.30. The molecule has 1 unspecified atom stereocenters. The lowest BCUT2D eigenvalue weighted by Crippen LogP contribution is -2.26. The lowest BCUT2D eigenvalue weighted by molar-refractivity contribution is 0.0925. The van der Waals surface area contributed by atoms with Crippen LogP contribution in [0.2, 0.25) is 0 Å². The van der Waals surface area contributed by atoms with Gasteiger partial charge < -0.3 is 26.7 Å². The van der Waals surface area contributed by atoms with Gasteiger partial charge in [-0.05, 0) is 19.1 Å². The van der Waals surface area contributed by atoms with Crippen LogP contribution in [0.1, 0.15) is 6.92 Å². The molecule has 7 heteroatoms. The van der Waals surface area contributed by atoms with Gasteiger partial charge in [0, 0.05) is 7.11 Å². The Labute approximate surface area is 112 Å². The SMILES string of the molecule is COCC(C)Oc1ccccc1N=C(N)N=C(N)N. The third kappa shape index (κ3) is 5.26. The molecule has 7 nitrogen and oxygen atoms in total. The van der Waals surface area contributed by atoms with Gasteiger partial charge in [0.2, 0.25) is 5.96 Å². The first-order valence-corrected chi connectivity index (χ1v) is 5.71. The predicted octanol–water partition coefficient (Wildman–Crippen LogP) is 0.320. The summed E-state index contributed by atoms with van der Waals surface area (Å²) >= 11 is 0. The summed E-state index contributed by atoms with van der Waals surface area (Å²) in [5.74, 6) is 0.406. The summed E-state index contributed by atoms with van der Waals surface area (Å²) in [7, 11) is 1.61. The zero-order chi connectivity index (χ0) is 14.3. The zero-order valence-electron chi connectivity index (χ0n) is 11.0.